The number of aromatic nitrogens is 4. The molecule has 0 aliphatic heterocycles. The van der Waals surface area contributed by atoms with Gasteiger partial charge in [0.1, 0.15) is 0 Å². The molecular weight excluding hydrogens is 307 g/mol. The van der Waals surface area contributed by atoms with Crippen molar-refractivity contribution in [2.24, 2.45) is 0 Å². The van der Waals surface area contributed by atoms with Crippen molar-refractivity contribution in [1.82, 2.24) is 20.2 Å². The van der Waals surface area contributed by atoms with E-state index in [4.69, 9.17) is 0 Å². The molecule has 0 aliphatic carbocycles. The van der Waals surface area contributed by atoms with Crippen LogP contribution in [0.5, 0.6) is 0 Å². The summed E-state index contributed by atoms with van der Waals surface area (Å²) in [5.74, 6) is 0.552. The van der Waals surface area contributed by atoms with Crippen molar-refractivity contribution in [3.8, 4) is 5.69 Å². The number of rotatable bonds is 4. The first-order valence-corrected chi connectivity index (χ1v) is 6.78. The average Bonchev–Trinajstić information content (AvgIpc) is 3.02. The highest BCUT2D eigenvalue weighted by Gasteiger charge is 2.29. The number of tetrazole rings is 1. The zero-order valence-corrected chi connectivity index (χ0v) is 11.8. The van der Waals surface area contributed by atoms with Crippen molar-refractivity contribution in [2.75, 3.05) is 5.32 Å². The van der Waals surface area contributed by atoms with Gasteiger partial charge < -0.3 is 5.32 Å². The third-order valence-electron chi connectivity index (χ3n) is 3.20. The van der Waals surface area contributed by atoms with E-state index >= 15 is 0 Å². The van der Waals surface area contributed by atoms with Gasteiger partial charge in [0.25, 0.3) is 0 Å². The number of para-hydroxylation sites is 1. The van der Waals surface area contributed by atoms with Crippen LogP contribution in [0.3, 0.4) is 0 Å². The van der Waals surface area contributed by atoms with Crippen molar-refractivity contribution in [3.63, 3.8) is 0 Å². The summed E-state index contributed by atoms with van der Waals surface area (Å²) in [6.07, 6.45) is -4.34. The fraction of sp³-hybridized carbons (Fsp3) is 0.133. The van der Waals surface area contributed by atoms with Crippen LogP contribution in [0.15, 0.2) is 54.6 Å². The summed E-state index contributed by atoms with van der Waals surface area (Å²) in [7, 11) is 0. The lowest BCUT2D eigenvalue weighted by Crippen LogP contribution is -2.09. The van der Waals surface area contributed by atoms with E-state index in [1.165, 1.54) is 12.1 Å². The molecule has 1 heterocycles. The van der Waals surface area contributed by atoms with E-state index in [-0.39, 0.29) is 6.54 Å². The number of hydrogen-bond donors (Lipinski definition) is 1. The van der Waals surface area contributed by atoms with Crippen LogP contribution in [0.25, 0.3) is 5.69 Å². The second kappa shape index (κ2) is 6.07. The third kappa shape index (κ3) is 3.47. The zero-order valence-electron chi connectivity index (χ0n) is 11.8. The van der Waals surface area contributed by atoms with Gasteiger partial charge in [-0.25, -0.2) is 0 Å². The molecule has 8 heteroatoms. The lowest BCUT2D eigenvalue weighted by atomic mass is 10.2. The van der Waals surface area contributed by atoms with Gasteiger partial charge in [-0.2, -0.15) is 17.9 Å². The molecule has 5 nitrogen and oxygen atoms in total. The lowest BCUT2D eigenvalue weighted by Gasteiger charge is -2.09. The van der Waals surface area contributed by atoms with E-state index in [2.05, 4.69) is 20.8 Å². The minimum Gasteiger partial charge on any atom is -0.378 e. The molecule has 0 radical (unpaired) electrons. The molecule has 3 aromatic rings. The van der Waals surface area contributed by atoms with Gasteiger partial charge in [0.15, 0.2) is 5.82 Å². The van der Waals surface area contributed by atoms with Gasteiger partial charge in [-0.05, 0) is 46.8 Å². The molecule has 0 aliphatic rings. The predicted octanol–water partition coefficient (Wildman–Crippen LogP) is 3.29. The molecule has 0 saturated heterocycles. The molecule has 0 atom stereocenters. The van der Waals surface area contributed by atoms with E-state index in [0.717, 1.165) is 17.8 Å². The Balaban J connectivity index is 1.71. The minimum absolute atomic E-state index is 0.285. The largest absolute Gasteiger partial charge is 0.416 e. The Morgan fingerprint density at radius 1 is 0.957 bits per heavy atom. The smallest absolute Gasteiger partial charge is 0.378 e. The molecule has 0 bridgehead atoms. The second-order valence-electron chi connectivity index (χ2n) is 4.77. The summed E-state index contributed by atoms with van der Waals surface area (Å²) in [5.41, 5.74) is 0.680. The van der Waals surface area contributed by atoms with E-state index in [9.17, 15) is 13.2 Å². The standard InChI is InChI=1S/C15H12F3N5/c16-15(17,18)11-6-8-12(9-7-11)19-10-14-20-21-22-23(14)13-4-2-1-3-5-13/h1-9,19H,10H2. The molecule has 1 N–H and O–H groups in total. The molecule has 0 fully saturated rings. The first kappa shape index (κ1) is 15.0. The van der Waals surface area contributed by atoms with Crippen LogP contribution in [0.1, 0.15) is 11.4 Å². The van der Waals surface area contributed by atoms with Crippen molar-refractivity contribution in [1.29, 1.82) is 0 Å². The lowest BCUT2D eigenvalue weighted by molar-refractivity contribution is -0.137. The number of benzene rings is 2. The fourth-order valence-electron chi connectivity index (χ4n) is 2.04. The van der Waals surface area contributed by atoms with Crippen LogP contribution in [0.2, 0.25) is 0 Å². The van der Waals surface area contributed by atoms with Crippen molar-refractivity contribution >= 4 is 5.69 Å². The maximum Gasteiger partial charge on any atom is 0.416 e. The van der Waals surface area contributed by atoms with Crippen molar-refractivity contribution in [2.45, 2.75) is 12.7 Å². The van der Waals surface area contributed by atoms with E-state index in [1.807, 2.05) is 30.3 Å². The first-order chi connectivity index (χ1) is 11.0. The highest BCUT2D eigenvalue weighted by atomic mass is 19.4. The number of alkyl halides is 3. The number of nitrogens with one attached hydrogen (secondary N) is 1. The van der Waals surface area contributed by atoms with Crippen molar-refractivity contribution < 1.29 is 13.2 Å². The topological polar surface area (TPSA) is 55.6 Å². The third-order valence-corrected chi connectivity index (χ3v) is 3.20. The summed E-state index contributed by atoms with van der Waals surface area (Å²) in [6.45, 7) is 0.285. The number of anilines is 1. The summed E-state index contributed by atoms with van der Waals surface area (Å²) >= 11 is 0. The Morgan fingerprint density at radius 2 is 1.65 bits per heavy atom. The molecule has 0 saturated carbocycles. The maximum atomic E-state index is 12.5. The first-order valence-electron chi connectivity index (χ1n) is 6.78. The Hall–Kier alpha value is -2.90. The number of hydrogen-bond acceptors (Lipinski definition) is 4. The molecule has 1 aromatic heterocycles. The highest BCUT2D eigenvalue weighted by Crippen LogP contribution is 2.29. The number of halogens is 3. The number of nitrogens with zero attached hydrogens (tertiary/aromatic N) is 4. The monoisotopic (exact) mass is 319 g/mol. The van der Waals surface area contributed by atoms with Crippen molar-refractivity contribution in [3.05, 3.63) is 66.0 Å². The zero-order chi connectivity index (χ0) is 16.3. The van der Waals surface area contributed by atoms with Crippen LogP contribution in [-0.4, -0.2) is 20.2 Å². The molecule has 0 amide bonds. The minimum atomic E-state index is -4.34. The Morgan fingerprint density at radius 3 is 2.30 bits per heavy atom. The fourth-order valence-corrected chi connectivity index (χ4v) is 2.04. The molecule has 118 valence electrons. The summed E-state index contributed by atoms with van der Waals surface area (Å²) in [4.78, 5) is 0. The predicted molar refractivity (Wildman–Crippen MR) is 77.9 cm³/mol. The average molecular weight is 319 g/mol. The van der Waals surface area contributed by atoms with Gasteiger partial charge in [0.2, 0.25) is 0 Å². The molecule has 3 rings (SSSR count). The molecule has 0 unspecified atom stereocenters. The maximum absolute atomic E-state index is 12.5. The second-order valence-corrected chi connectivity index (χ2v) is 4.77. The van der Waals surface area contributed by atoms with Crippen LogP contribution < -0.4 is 5.32 Å². The Bertz CT molecular complexity index is 766. The molecular formula is C15H12F3N5. The van der Waals surface area contributed by atoms with Gasteiger partial charge in [-0.3, -0.25) is 0 Å². The van der Waals surface area contributed by atoms with Crippen LogP contribution in [0.4, 0.5) is 18.9 Å². The van der Waals surface area contributed by atoms with Gasteiger partial charge in [0.05, 0.1) is 17.8 Å². The van der Waals surface area contributed by atoms with Crippen LogP contribution >= 0.6 is 0 Å². The summed E-state index contributed by atoms with van der Waals surface area (Å²) < 4.78 is 39.1. The molecule has 23 heavy (non-hydrogen) atoms. The van der Waals surface area contributed by atoms with Gasteiger partial charge in [0, 0.05) is 5.69 Å². The van der Waals surface area contributed by atoms with Gasteiger partial charge >= 0.3 is 6.18 Å². The van der Waals surface area contributed by atoms with Crippen LogP contribution in [-0.2, 0) is 12.7 Å². The van der Waals surface area contributed by atoms with E-state index in [1.54, 1.807) is 4.68 Å². The normalized spacial score (nSPS) is 11.4. The van der Waals surface area contributed by atoms with Gasteiger partial charge in [-0.15, -0.1) is 5.10 Å². The Labute approximate surface area is 129 Å². The Kier molecular flexibility index (Phi) is 3.96. The van der Waals surface area contributed by atoms with E-state index < -0.39 is 11.7 Å². The van der Waals surface area contributed by atoms with Gasteiger partial charge in [-0.1, -0.05) is 18.2 Å². The van der Waals surface area contributed by atoms with E-state index in [0.29, 0.717) is 11.5 Å². The highest BCUT2D eigenvalue weighted by molar-refractivity contribution is 5.45. The summed E-state index contributed by atoms with van der Waals surface area (Å²) in [5, 5.41) is 14.5. The summed E-state index contributed by atoms with van der Waals surface area (Å²) in [6, 6.07) is 14.1. The molecule has 2 aromatic carbocycles. The SMILES string of the molecule is FC(F)(F)c1ccc(NCc2nnnn2-c2ccccc2)cc1. The quantitative estimate of drug-likeness (QED) is 0.802. The molecule has 0 spiro atoms. The van der Waals surface area contributed by atoms with Crippen LogP contribution in [0, 0.1) is 0 Å².